The van der Waals surface area contributed by atoms with E-state index >= 15 is 0 Å². The van der Waals surface area contributed by atoms with E-state index in [1.165, 1.54) is 32.4 Å². The molecule has 1 aromatic carbocycles. The second kappa shape index (κ2) is 10.7. The lowest BCUT2D eigenvalue weighted by Crippen LogP contribution is -2.58. The van der Waals surface area contributed by atoms with Crippen LogP contribution in [0.2, 0.25) is 5.15 Å². The molecule has 2 saturated carbocycles. The second-order valence-corrected chi connectivity index (χ2v) is 15.2. The molecule has 45 heavy (non-hydrogen) atoms. The Balaban J connectivity index is 1.12. The van der Waals surface area contributed by atoms with Crippen molar-refractivity contribution in [1.29, 1.82) is 0 Å². The summed E-state index contributed by atoms with van der Waals surface area (Å²) >= 11 is 6.78. The maximum absolute atomic E-state index is 14.6. The molecule has 1 spiro atoms. The van der Waals surface area contributed by atoms with E-state index in [4.69, 9.17) is 21.3 Å². The third kappa shape index (κ3) is 5.01. The Morgan fingerprint density at radius 3 is 2.40 bits per heavy atom. The van der Waals surface area contributed by atoms with E-state index in [1.54, 1.807) is 4.90 Å². The fourth-order valence-electron chi connectivity index (χ4n) is 8.14. The molecule has 4 fully saturated rings. The number of imidazole rings is 1. The fraction of sp³-hybridized carbons (Fsp3) is 0.600. The fourth-order valence-corrected chi connectivity index (χ4v) is 8.42. The zero-order valence-corrected chi connectivity index (χ0v) is 27.4. The second-order valence-electron chi connectivity index (χ2n) is 14.9. The predicted molar refractivity (Wildman–Crippen MR) is 175 cm³/mol. The maximum atomic E-state index is 14.6. The number of benzene rings is 1. The largest absolute Gasteiger partial charge is 0.444 e. The molecule has 5 aliphatic rings. The normalized spacial score (nSPS) is 25.1. The van der Waals surface area contributed by atoms with Crippen molar-refractivity contribution in [3.63, 3.8) is 0 Å². The average molecular weight is 631 g/mol. The van der Waals surface area contributed by atoms with E-state index in [1.807, 2.05) is 33.2 Å². The summed E-state index contributed by atoms with van der Waals surface area (Å²) in [5.74, 6) is 0.185. The van der Waals surface area contributed by atoms with E-state index in [0.717, 1.165) is 59.2 Å². The quantitative estimate of drug-likeness (QED) is 0.298. The Hall–Kier alpha value is -3.17. The third-order valence-corrected chi connectivity index (χ3v) is 11.0. The molecule has 238 valence electrons. The topological polar surface area (TPSA) is 83.8 Å². The van der Waals surface area contributed by atoms with Crippen LogP contribution in [0.4, 0.5) is 10.5 Å². The van der Waals surface area contributed by atoms with E-state index < -0.39 is 11.0 Å². The van der Waals surface area contributed by atoms with Crippen molar-refractivity contribution in [3.8, 4) is 11.3 Å². The van der Waals surface area contributed by atoms with Crippen LogP contribution in [-0.2, 0) is 14.9 Å². The molecule has 3 aliphatic heterocycles. The number of aromatic nitrogens is 3. The number of ether oxygens (including phenoxy) is 1. The van der Waals surface area contributed by atoms with E-state index in [2.05, 4.69) is 37.5 Å². The number of piperidine rings is 2. The van der Waals surface area contributed by atoms with Crippen molar-refractivity contribution in [2.24, 2.45) is 0 Å². The molecular formula is C35H43ClN6O3. The van der Waals surface area contributed by atoms with Crippen molar-refractivity contribution < 1.29 is 14.3 Å². The summed E-state index contributed by atoms with van der Waals surface area (Å²) in [6.07, 6.45) is 10.9. The minimum absolute atomic E-state index is 0.176. The van der Waals surface area contributed by atoms with Gasteiger partial charge in [-0.05, 0) is 103 Å². The number of hydrogen-bond donors (Lipinski definition) is 0. The molecule has 0 radical (unpaired) electrons. The van der Waals surface area contributed by atoms with Gasteiger partial charge in [-0.15, -0.1) is 0 Å². The molecule has 8 rings (SSSR count). The highest BCUT2D eigenvalue weighted by Crippen LogP contribution is 2.52. The first-order valence-corrected chi connectivity index (χ1v) is 17.2. The molecule has 10 heteroatoms. The summed E-state index contributed by atoms with van der Waals surface area (Å²) in [5.41, 5.74) is 4.32. The van der Waals surface area contributed by atoms with Crippen molar-refractivity contribution in [2.45, 2.75) is 108 Å². The number of fused-ring (bicyclic) bond motifs is 3. The maximum Gasteiger partial charge on any atom is 0.410 e. The van der Waals surface area contributed by atoms with Gasteiger partial charge in [0.05, 0.1) is 23.0 Å². The average Bonchev–Trinajstić information content (AvgIpc) is 3.71. The van der Waals surface area contributed by atoms with E-state index in [-0.39, 0.29) is 18.0 Å². The molecule has 9 nitrogen and oxygen atoms in total. The SMILES string of the molecule is CC(C)(C)OC(=O)N1CCC2(CC1)C(=O)N(C1CC(N3CCCCC3)C1)c1cc(-c3cc4ncn(C5CC5)c4c(Cl)n3)ccc12. The van der Waals surface area contributed by atoms with Gasteiger partial charge in [0.15, 0.2) is 5.15 Å². The van der Waals surface area contributed by atoms with Crippen molar-refractivity contribution in [1.82, 2.24) is 24.3 Å². The summed E-state index contributed by atoms with van der Waals surface area (Å²) in [4.78, 5) is 43.6. The summed E-state index contributed by atoms with van der Waals surface area (Å²) in [6.45, 7) is 8.98. The van der Waals surface area contributed by atoms with Crippen LogP contribution in [0.25, 0.3) is 22.3 Å². The molecule has 3 aromatic rings. The van der Waals surface area contributed by atoms with Gasteiger partial charge in [0.25, 0.3) is 0 Å². The Morgan fingerprint density at radius 2 is 1.71 bits per heavy atom. The van der Waals surface area contributed by atoms with Gasteiger partial charge in [0, 0.05) is 42.5 Å². The summed E-state index contributed by atoms with van der Waals surface area (Å²) in [6, 6.07) is 9.58. The van der Waals surface area contributed by atoms with Crippen LogP contribution in [0.5, 0.6) is 0 Å². The first-order chi connectivity index (χ1) is 21.6. The zero-order chi connectivity index (χ0) is 31.1. The molecular weight excluding hydrogens is 588 g/mol. The van der Waals surface area contributed by atoms with Gasteiger partial charge in [-0.2, -0.15) is 0 Å². The smallest absolute Gasteiger partial charge is 0.410 e. The predicted octanol–water partition coefficient (Wildman–Crippen LogP) is 6.72. The van der Waals surface area contributed by atoms with Gasteiger partial charge in [0.1, 0.15) is 11.1 Å². The van der Waals surface area contributed by atoms with Gasteiger partial charge < -0.3 is 24.0 Å². The molecule has 0 bridgehead atoms. The number of halogens is 1. The molecule has 0 atom stereocenters. The van der Waals surface area contributed by atoms with Crippen LogP contribution in [0.15, 0.2) is 30.6 Å². The number of pyridine rings is 1. The van der Waals surface area contributed by atoms with E-state index in [0.29, 0.717) is 43.2 Å². The molecule has 5 heterocycles. The number of amides is 2. The van der Waals surface area contributed by atoms with Crippen LogP contribution in [0.1, 0.15) is 90.2 Å². The van der Waals surface area contributed by atoms with E-state index in [9.17, 15) is 9.59 Å². The van der Waals surface area contributed by atoms with Gasteiger partial charge in [0.2, 0.25) is 5.91 Å². The van der Waals surface area contributed by atoms with Crippen LogP contribution in [0, 0.1) is 0 Å². The molecule has 0 N–H and O–H groups in total. The van der Waals surface area contributed by atoms with Crippen molar-refractivity contribution in [3.05, 3.63) is 41.3 Å². The Bertz CT molecular complexity index is 1660. The minimum Gasteiger partial charge on any atom is -0.444 e. The van der Waals surface area contributed by atoms with Crippen LogP contribution >= 0.6 is 11.6 Å². The van der Waals surface area contributed by atoms with Gasteiger partial charge >= 0.3 is 6.09 Å². The summed E-state index contributed by atoms with van der Waals surface area (Å²) in [5, 5.41) is 0.467. The number of anilines is 1. The number of hydrogen-bond acceptors (Lipinski definition) is 6. The lowest BCUT2D eigenvalue weighted by atomic mass is 9.73. The molecule has 2 saturated heterocycles. The molecule has 2 aliphatic carbocycles. The summed E-state index contributed by atoms with van der Waals surface area (Å²) in [7, 11) is 0. The van der Waals surface area contributed by atoms with Crippen molar-refractivity contribution in [2.75, 3.05) is 31.1 Å². The number of carbonyl (C=O) groups is 2. The number of nitrogens with zero attached hydrogens (tertiary/aromatic N) is 6. The highest BCUT2D eigenvalue weighted by atomic mass is 35.5. The van der Waals surface area contributed by atoms with Crippen LogP contribution in [-0.4, -0.2) is 80.2 Å². The first kappa shape index (κ1) is 29.2. The number of likely N-dealkylation sites (tertiary alicyclic amines) is 2. The van der Waals surface area contributed by atoms with Crippen LogP contribution < -0.4 is 4.90 Å². The lowest BCUT2D eigenvalue weighted by Gasteiger charge is -2.48. The molecule has 2 aromatic heterocycles. The van der Waals surface area contributed by atoms with Gasteiger partial charge in [-0.1, -0.05) is 30.2 Å². The summed E-state index contributed by atoms with van der Waals surface area (Å²) < 4.78 is 7.82. The number of carbonyl (C=O) groups excluding carboxylic acids is 2. The zero-order valence-electron chi connectivity index (χ0n) is 26.6. The Kier molecular flexibility index (Phi) is 6.95. The lowest BCUT2D eigenvalue weighted by molar-refractivity contribution is -0.126. The highest BCUT2D eigenvalue weighted by molar-refractivity contribution is 6.34. The van der Waals surface area contributed by atoms with Gasteiger partial charge in [-0.3, -0.25) is 4.79 Å². The monoisotopic (exact) mass is 630 g/mol. The molecule has 2 amide bonds. The number of rotatable bonds is 4. The van der Waals surface area contributed by atoms with Crippen LogP contribution in [0.3, 0.4) is 0 Å². The molecule has 0 unspecified atom stereocenters. The highest BCUT2D eigenvalue weighted by Gasteiger charge is 2.56. The Morgan fingerprint density at radius 1 is 0.978 bits per heavy atom. The first-order valence-electron chi connectivity index (χ1n) is 16.8. The van der Waals surface area contributed by atoms with Gasteiger partial charge in [-0.25, -0.2) is 14.8 Å². The van der Waals surface area contributed by atoms with Crippen molar-refractivity contribution >= 4 is 40.3 Å². The Labute approximate surface area is 269 Å². The third-order valence-electron chi connectivity index (χ3n) is 10.8. The standard InChI is InChI=1S/C35H43ClN6O3/c1-34(2,3)45-33(44)40-15-11-35(12-16-40)26-10-7-22(27-20-28-30(31(36)38-27)41(21-37-28)23-8-9-23)17-29(26)42(32(35)43)25-18-24(19-25)39-13-5-4-6-14-39/h7,10,17,20-21,23-25H,4-6,8-9,11-16,18-19H2,1-3H3. The minimum atomic E-state index is -0.638.